The molecule has 1 aliphatic heterocycles. The Balaban J connectivity index is 1.21. The zero-order valence-corrected chi connectivity index (χ0v) is 21.9. The number of nitrogens with zero attached hydrogens (tertiary/aromatic N) is 3. The molecule has 1 saturated heterocycles. The summed E-state index contributed by atoms with van der Waals surface area (Å²) < 4.78 is 57.8. The topological polar surface area (TPSA) is 55.2 Å². The number of hydrogen-bond donors (Lipinski definition) is 0. The first-order valence-electron chi connectivity index (χ1n) is 14.3. The van der Waals surface area contributed by atoms with Crippen molar-refractivity contribution in [2.75, 3.05) is 18.0 Å². The summed E-state index contributed by atoms with van der Waals surface area (Å²) in [5.41, 5.74) is -0.524. The number of benzene rings is 1. The van der Waals surface area contributed by atoms with Crippen molar-refractivity contribution in [3.8, 4) is 5.69 Å². The van der Waals surface area contributed by atoms with E-state index >= 15 is 4.39 Å². The van der Waals surface area contributed by atoms with E-state index in [4.69, 9.17) is 0 Å². The first-order valence-corrected chi connectivity index (χ1v) is 14.3. The van der Waals surface area contributed by atoms with Crippen LogP contribution in [0.15, 0.2) is 41.3 Å². The molecule has 9 rings (SSSR count). The molecule has 2 aromatic heterocycles. The molecule has 6 fully saturated rings. The normalized spacial score (nSPS) is 33.0. The number of alkyl halides is 2. The Morgan fingerprint density at radius 1 is 0.950 bits per heavy atom. The second-order valence-electron chi connectivity index (χ2n) is 13.2. The molecule has 0 N–H and O–H groups in total. The second-order valence-corrected chi connectivity index (χ2v) is 13.2. The van der Waals surface area contributed by atoms with Gasteiger partial charge in [-0.25, -0.2) is 22.5 Å². The van der Waals surface area contributed by atoms with E-state index in [-0.39, 0.29) is 46.6 Å². The molecular formula is C31H29F4N3O2. The number of carbonyl (C=O) groups excluding carboxylic acids is 1. The third-order valence-electron chi connectivity index (χ3n) is 10.5. The molecule has 1 aromatic carbocycles. The summed E-state index contributed by atoms with van der Waals surface area (Å²) in [6.45, 7) is 0.292. The Hall–Kier alpha value is -3.23. The molecule has 3 aromatic rings. The van der Waals surface area contributed by atoms with E-state index < -0.39 is 34.8 Å². The second kappa shape index (κ2) is 8.17. The molecule has 9 heteroatoms. The number of pyridine rings is 2. The average Bonchev–Trinajstić information content (AvgIpc) is 3.21. The van der Waals surface area contributed by atoms with Crippen molar-refractivity contribution in [2.45, 2.75) is 50.9 Å². The highest BCUT2D eigenvalue weighted by molar-refractivity contribution is 5.99. The van der Waals surface area contributed by atoms with Gasteiger partial charge in [0.15, 0.2) is 11.4 Å². The number of hydrogen-bond acceptors (Lipinski definition) is 4. The Bertz CT molecular complexity index is 1600. The summed E-state index contributed by atoms with van der Waals surface area (Å²) in [7, 11) is 0. The van der Waals surface area contributed by atoms with E-state index in [0.29, 0.717) is 30.0 Å². The summed E-state index contributed by atoms with van der Waals surface area (Å²) in [5, 5.41) is 0.138. The van der Waals surface area contributed by atoms with Crippen LogP contribution in [0.4, 0.5) is 23.4 Å². The van der Waals surface area contributed by atoms with Crippen LogP contribution in [0.1, 0.15) is 55.3 Å². The van der Waals surface area contributed by atoms with E-state index in [1.807, 2.05) is 0 Å². The van der Waals surface area contributed by atoms with Gasteiger partial charge in [-0.2, -0.15) is 0 Å². The number of aromatic nitrogens is 2. The van der Waals surface area contributed by atoms with Gasteiger partial charge in [0.05, 0.1) is 28.5 Å². The summed E-state index contributed by atoms with van der Waals surface area (Å²) in [4.78, 5) is 33.9. The first kappa shape index (κ1) is 24.6. The molecule has 6 aliphatic rings. The molecule has 5 nitrogen and oxygen atoms in total. The SMILES string of the molecule is O=C(CC12CC3CC(CC(C3)C1)C2)c1cn(-c2ccc(F)cc2F)c2nc(N3CC4C(C3)C4(F)F)ccc2c1=O. The molecule has 0 amide bonds. The van der Waals surface area contributed by atoms with Crippen LogP contribution in [0, 0.1) is 46.6 Å². The molecule has 40 heavy (non-hydrogen) atoms. The van der Waals surface area contributed by atoms with Crippen molar-refractivity contribution in [3.05, 3.63) is 63.9 Å². The fourth-order valence-corrected chi connectivity index (χ4v) is 9.07. The first-order chi connectivity index (χ1) is 19.1. The van der Waals surface area contributed by atoms with Crippen LogP contribution in [0.3, 0.4) is 0 Å². The maximum Gasteiger partial charge on any atom is 0.258 e. The number of halogens is 4. The van der Waals surface area contributed by atoms with Crippen LogP contribution in [0.2, 0.25) is 0 Å². The number of rotatable bonds is 5. The Morgan fingerprint density at radius 2 is 1.60 bits per heavy atom. The van der Waals surface area contributed by atoms with E-state index in [0.717, 1.165) is 31.4 Å². The van der Waals surface area contributed by atoms with Crippen molar-refractivity contribution >= 4 is 22.6 Å². The number of piperidine rings is 1. The van der Waals surface area contributed by atoms with Gasteiger partial charge in [0.25, 0.3) is 5.92 Å². The molecular weight excluding hydrogens is 522 g/mol. The summed E-state index contributed by atoms with van der Waals surface area (Å²) in [6, 6.07) is 6.25. The maximum atomic E-state index is 15.1. The highest BCUT2D eigenvalue weighted by Crippen LogP contribution is 2.62. The van der Waals surface area contributed by atoms with Gasteiger partial charge in [-0.05, 0) is 86.0 Å². The minimum Gasteiger partial charge on any atom is -0.356 e. The monoisotopic (exact) mass is 551 g/mol. The third kappa shape index (κ3) is 3.61. The van der Waals surface area contributed by atoms with E-state index in [9.17, 15) is 22.8 Å². The Kier molecular flexibility index (Phi) is 5.01. The lowest BCUT2D eigenvalue weighted by atomic mass is 9.48. The lowest BCUT2D eigenvalue weighted by Gasteiger charge is -2.56. The predicted molar refractivity (Wildman–Crippen MR) is 141 cm³/mol. The molecule has 2 atom stereocenters. The zero-order chi connectivity index (χ0) is 27.6. The summed E-state index contributed by atoms with van der Waals surface area (Å²) >= 11 is 0. The van der Waals surface area contributed by atoms with Gasteiger partial charge in [0, 0.05) is 31.8 Å². The highest BCUT2D eigenvalue weighted by Gasteiger charge is 2.71. The fraction of sp³-hybridized carbons (Fsp3) is 0.516. The van der Waals surface area contributed by atoms with Crippen LogP contribution in [0.25, 0.3) is 16.7 Å². The quantitative estimate of drug-likeness (QED) is 0.282. The molecule has 208 valence electrons. The van der Waals surface area contributed by atoms with Gasteiger partial charge in [0.2, 0.25) is 5.43 Å². The molecule has 4 bridgehead atoms. The van der Waals surface area contributed by atoms with Gasteiger partial charge >= 0.3 is 0 Å². The fourth-order valence-electron chi connectivity index (χ4n) is 9.07. The van der Waals surface area contributed by atoms with Gasteiger partial charge in [-0.1, -0.05) is 0 Å². The van der Waals surface area contributed by atoms with E-state index in [1.165, 1.54) is 36.1 Å². The average molecular weight is 552 g/mol. The van der Waals surface area contributed by atoms with Crippen molar-refractivity contribution in [3.63, 3.8) is 0 Å². The lowest BCUT2D eigenvalue weighted by molar-refractivity contribution is -0.0524. The van der Waals surface area contributed by atoms with Gasteiger partial charge in [0.1, 0.15) is 17.5 Å². The van der Waals surface area contributed by atoms with Crippen LogP contribution < -0.4 is 10.3 Å². The summed E-state index contributed by atoms with van der Waals surface area (Å²) in [5.74, 6) is -3.60. The van der Waals surface area contributed by atoms with Gasteiger partial charge in [-0.3, -0.25) is 14.2 Å². The smallest absolute Gasteiger partial charge is 0.258 e. The third-order valence-corrected chi connectivity index (χ3v) is 10.5. The van der Waals surface area contributed by atoms with Crippen molar-refractivity contribution in [1.29, 1.82) is 0 Å². The van der Waals surface area contributed by atoms with E-state index in [1.54, 1.807) is 17.0 Å². The molecule has 2 unspecified atom stereocenters. The summed E-state index contributed by atoms with van der Waals surface area (Å²) in [6.07, 6.45) is 8.40. The number of Topliss-reactive ketones (excluding diaryl/α,β-unsaturated/α-hetero) is 1. The minimum absolute atomic E-state index is 0.0245. The number of carbonyl (C=O) groups is 1. The largest absolute Gasteiger partial charge is 0.356 e. The molecule has 3 heterocycles. The molecule has 0 spiro atoms. The Labute approximate surface area is 228 Å². The van der Waals surface area contributed by atoms with Crippen LogP contribution in [-0.4, -0.2) is 34.3 Å². The van der Waals surface area contributed by atoms with Crippen LogP contribution >= 0.6 is 0 Å². The highest BCUT2D eigenvalue weighted by atomic mass is 19.3. The standard InChI is InChI=1S/C31H29F4N3O2/c32-19-1-3-25(24(33)8-19)38-13-21(26(39)12-30-9-16-5-17(10-30)7-18(6-16)11-30)28(40)20-2-4-27(36-29(20)38)37-14-22-23(15-37)31(22,34)35/h1-4,8,13,16-18,22-23H,5-7,9-12,14-15H2. The van der Waals surface area contributed by atoms with Crippen LogP contribution in [-0.2, 0) is 0 Å². The van der Waals surface area contributed by atoms with Gasteiger partial charge in [-0.15, -0.1) is 0 Å². The molecule has 0 radical (unpaired) electrons. The zero-order valence-electron chi connectivity index (χ0n) is 21.9. The lowest BCUT2D eigenvalue weighted by Crippen LogP contribution is -2.47. The number of fused-ring (bicyclic) bond motifs is 2. The van der Waals surface area contributed by atoms with Crippen LogP contribution in [0.5, 0.6) is 0 Å². The molecule has 5 saturated carbocycles. The van der Waals surface area contributed by atoms with Crippen molar-refractivity contribution in [1.82, 2.24) is 9.55 Å². The van der Waals surface area contributed by atoms with Gasteiger partial charge < -0.3 is 4.90 Å². The predicted octanol–water partition coefficient (Wildman–Crippen LogP) is 6.15. The number of anilines is 1. The Morgan fingerprint density at radius 3 is 2.23 bits per heavy atom. The minimum atomic E-state index is -2.65. The number of ketones is 1. The van der Waals surface area contributed by atoms with Crippen molar-refractivity contribution < 1.29 is 22.4 Å². The van der Waals surface area contributed by atoms with E-state index in [2.05, 4.69) is 4.98 Å². The van der Waals surface area contributed by atoms with Crippen molar-refractivity contribution in [2.24, 2.45) is 35.0 Å². The maximum absolute atomic E-state index is 15.1. The molecule has 5 aliphatic carbocycles.